The first kappa shape index (κ1) is 16.6. The fraction of sp³-hybridized carbons (Fsp3) is 0.471. The van der Waals surface area contributed by atoms with Crippen molar-refractivity contribution in [2.24, 2.45) is 0 Å². The van der Waals surface area contributed by atoms with Gasteiger partial charge in [-0.25, -0.2) is 5.48 Å². The van der Waals surface area contributed by atoms with Crippen LogP contribution in [0.5, 0.6) is 11.5 Å². The fourth-order valence-corrected chi connectivity index (χ4v) is 3.00. The molecule has 2 aliphatic rings. The maximum absolute atomic E-state index is 11.2. The fourth-order valence-electron chi connectivity index (χ4n) is 3.00. The van der Waals surface area contributed by atoms with Gasteiger partial charge < -0.3 is 9.47 Å². The van der Waals surface area contributed by atoms with E-state index in [1.165, 1.54) is 12.8 Å². The van der Waals surface area contributed by atoms with Crippen molar-refractivity contribution < 1.29 is 24.3 Å². The minimum absolute atomic E-state index is 0.0363. The third-order valence-corrected chi connectivity index (χ3v) is 4.25. The van der Waals surface area contributed by atoms with Crippen LogP contribution in [0.15, 0.2) is 24.3 Å². The predicted octanol–water partition coefficient (Wildman–Crippen LogP) is 2.16. The van der Waals surface area contributed by atoms with Gasteiger partial charge >= 0.3 is 0 Å². The molecule has 3 N–H and O–H groups in total. The van der Waals surface area contributed by atoms with E-state index in [9.17, 15) is 4.79 Å². The summed E-state index contributed by atoms with van der Waals surface area (Å²) < 4.78 is 11.5. The van der Waals surface area contributed by atoms with E-state index in [0.717, 1.165) is 24.1 Å². The molecule has 1 unspecified atom stereocenters. The van der Waals surface area contributed by atoms with E-state index in [2.05, 4.69) is 5.48 Å². The van der Waals surface area contributed by atoms with Crippen molar-refractivity contribution in [3.63, 3.8) is 0 Å². The Labute approximate surface area is 140 Å². The van der Waals surface area contributed by atoms with Crippen molar-refractivity contribution in [2.45, 2.75) is 44.3 Å². The van der Waals surface area contributed by atoms with Crippen molar-refractivity contribution in [1.82, 2.24) is 11.0 Å². The van der Waals surface area contributed by atoms with Crippen molar-refractivity contribution in [1.29, 1.82) is 0 Å². The average Bonchev–Trinajstić information content (AvgIpc) is 3.26. The molecule has 1 aliphatic heterocycles. The molecule has 7 heteroatoms. The summed E-state index contributed by atoms with van der Waals surface area (Å²) in [5, 5.41) is 8.58. The highest BCUT2D eigenvalue weighted by Gasteiger charge is 2.22. The Morgan fingerprint density at radius 2 is 2.17 bits per heavy atom. The minimum Gasteiger partial charge on any atom is -0.493 e. The molecule has 0 bridgehead atoms. The van der Waals surface area contributed by atoms with Crippen LogP contribution in [0.25, 0.3) is 5.70 Å². The number of amides is 1. The smallest absolute Gasteiger partial charge is 0.246 e. The molecule has 1 aromatic rings. The summed E-state index contributed by atoms with van der Waals surface area (Å²) in [6.07, 6.45) is 6.16. The Kier molecular flexibility index (Phi) is 5.22. The standard InChI is InChI=1S/C17H22N2O5/c1-22-15-7-6-11(8-16(15)23-12-4-2-3-5-12)14-9-13(24-19-14)10-17(20)18-21/h6-9,12-13,19,21H,2-5,10H2,1H3,(H,18,20). The topological polar surface area (TPSA) is 89.1 Å². The zero-order valence-electron chi connectivity index (χ0n) is 13.6. The van der Waals surface area contributed by atoms with Gasteiger partial charge in [0, 0.05) is 5.56 Å². The molecule has 1 fully saturated rings. The molecule has 0 saturated heterocycles. The lowest BCUT2D eigenvalue weighted by atomic mass is 10.1. The SMILES string of the molecule is COc1ccc(C2=CC(CC(=O)NO)ON2)cc1OC1CCCC1. The number of nitrogens with one attached hydrogen (secondary N) is 2. The molecule has 1 amide bonds. The molecule has 3 rings (SSSR count). The van der Waals surface area contributed by atoms with E-state index in [0.29, 0.717) is 11.5 Å². The predicted molar refractivity (Wildman–Crippen MR) is 86.4 cm³/mol. The van der Waals surface area contributed by atoms with Crippen LogP contribution in [0.2, 0.25) is 0 Å². The quantitative estimate of drug-likeness (QED) is 0.546. The Hall–Kier alpha value is -2.25. The molecule has 1 saturated carbocycles. The second-order valence-corrected chi connectivity index (χ2v) is 5.97. The van der Waals surface area contributed by atoms with E-state index in [1.54, 1.807) is 18.7 Å². The summed E-state index contributed by atoms with van der Waals surface area (Å²) in [7, 11) is 1.62. The molecular weight excluding hydrogens is 312 g/mol. The highest BCUT2D eigenvalue weighted by Crippen LogP contribution is 2.34. The van der Waals surface area contributed by atoms with Gasteiger partial charge in [0.15, 0.2) is 11.5 Å². The number of hydrogen-bond donors (Lipinski definition) is 3. The second kappa shape index (κ2) is 7.55. The molecule has 24 heavy (non-hydrogen) atoms. The highest BCUT2D eigenvalue weighted by atomic mass is 16.7. The first-order valence-corrected chi connectivity index (χ1v) is 8.11. The second-order valence-electron chi connectivity index (χ2n) is 5.97. The summed E-state index contributed by atoms with van der Waals surface area (Å²) in [4.78, 5) is 16.5. The average molecular weight is 334 g/mol. The molecule has 130 valence electrons. The lowest BCUT2D eigenvalue weighted by Gasteiger charge is -2.17. The molecule has 7 nitrogen and oxygen atoms in total. The number of methoxy groups -OCH3 is 1. The third kappa shape index (κ3) is 3.80. The van der Waals surface area contributed by atoms with Gasteiger partial charge in [0.25, 0.3) is 0 Å². The lowest BCUT2D eigenvalue weighted by Crippen LogP contribution is -2.24. The van der Waals surface area contributed by atoms with Crippen LogP contribution in [-0.4, -0.2) is 30.4 Å². The monoisotopic (exact) mass is 334 g/mol. The van der Waals surface area contributed by atoms with Gasteiger partial charge in [-0.3, -0.25) is 20.3 Å². The van der Waals surface area contributed by atoms with Gasteiger partial charge in [0.05, 0.1) is 25.3 Å². The van der Waals surface area contributed by atoms with Crippen molar-refractivity contribution in [3.05, 3.63) is 29.8 Å². The third-order valence-electron chi connectivity index (χ3n) is 4.25. The van der Waals surface area contributed by atoms with Gasteiger partial charge in [-0.1, -0.05) is 0 Å². The first-order chi connectivity index (χ1) is 11.7. The number of benzene rings is 1. The zero-order chi connectivity index (χ0) is 16.9. The Balaban J connectivity index is 1.75. The molecule has 0 aromatic heterocycles. The van der Waals surface area contributed by atoms with Crippen molar-refractivity contribution in [2.75, 3.05) is 7.11 Å². The zero-order valence-corrected chi connectivity index (χ0v) is 13.6. The largest absolute Gasteiger partial charge is 0.493 e. The normalized spacial score (nSPS) is 20.4. The highest BCUT2D eigenvalue weighted by molar-refractivity contribution is 5.76. The minimum atomic E-state index is -0.501. The Bertz CT molecular complexity index is 625. The van der Waals surface area contributed by atoms with Crippen LogP contribution >= 0.6 is 0 Å². The summed E-state index contributed by atoms with van der Waals surface area (Å²) >= 11 is 0. The summed E-state index contributed by atoms with van der Waals surface area (Å²) in [6.45, 7) is 0. The Morgan fingerprint density at radius 1 is 1.38 bits per heavy atom. The van der Waals surface area contributed by atoms with Crippen molar-refractivity contribution >= 4 is 11.6 Å². The number of carbonyl (C=O) groups excluding carboxylic acids is 1. The molecule has 1 heterocycles. The molecule has 0 spiro atoms. The molecular formula is C17H22N2O5. The van der Waals surface area contributed by atoms with Crippen molar-refractivity contribution in [3.8, 4) is 11.5 Å². The van der Waals surface area contributed by atoms with Crippen LogP contribution < -0.4 is 20.4 Å². The van der Waals surface area contributed by atoms with Gasteiger partial charge in [-0.15, -0.1) is 0 Å². The van der Waals surface area contributed by atoms with Crippen LogP contribution in [0.1, 0.15) is 37.7 Å². The van der Waals surface area contributed by atoms with E-state index >= 15 is 0 Å². The van der Waals surface area contributed by atoms with E-state index in [-0.39, 0.29) is 12.5 Å². The van der Waals surface area contributed by atoms with E-state index < -0.39 is 12.0 Å². The summed E-state index contributed by atoms with van der Waals surface area (Å²) in [6, 6.07) is 5.67. The number of ether oxygens (including phenoxy) is 2. The van der Waals surface area contributed by atoms with Gasteiger partial charge in [0.2, 0.25) is 5.91 Å². The lowest BCUT2D eigenvalue weighted by molar-refractivity contribution is -0.131. The number of hydroxylamine groups is 2. The van der Waals surface area contributed by atoms with Gasteiger partial charge in [0.1, 0.15) is 6.10 Å². The van der Waals surface area contributed by atoms with Crippen LogP contribution in [0, 0.1) is 0 Å². The van der Waals surface area contributed by atoms with Crippen LogP contribution in [0.4, 0.5) is 0 Å². The first-order valence-electron chi connectivity index (χ1n) is 8.11. The van der Waals surface area contributed by atoms with Crippen LogP contribution in [0.3, 0.4) is 0 Å². The maximum atomic E-state index is 11.2. The number of rotatable bonds is 6. The van der Waals surface area contributed by atoms with Gasteiger partial charge in [-0.05, 0) is 50.0 Å². The summed E-state index contributed by atoms with van der Waals surface area (Å²) in [5.74, 6) is 0.904. The van der Waals surface area contributed by atoms with Crippen LogP contribution in [-0.2, 0) is 9.63 Å². The Morgan fingerprint density at radius 3 is 2.88 bits per heavy atom. The summed E-state index contributed by atoms with van der Waals surface area (Å²) in [5.41, 5.74) is 6.05. The van der Waals surface area contributed by atoms with E-state index in [1.807, 2.05) is 18.2 Å². The molecule has 0 radical (unpaired) electrons. The molecule has 1 aliphatic carbocycles. The van der Waals surface area contributed by atoms with E-state index in [4.69, 9.17) is 19.5 Å². The maximum Gasteiger partial charge on any atom is 0.246 e. The molecule has 1 aromatic carbocycles. The number of carbonyl (C=O) groups is 1. The van der Waals surface area contributed by atoms with Gasteiger partial charge in [-0.2, -0.15) is 0 Å². The molecule has 1 atom stereocenters. The number of hydrogen-bond acceptors (Lipinski definition) is 6.